The monoisotopic (exact) mass is 243 g/mol. The molecule has 0 aliphatic carbocycles. The average Bonchev–Trinajstić information content (AvgIpc) is 2.41. The highest BCUT2D eigenvalue weighted by atomic mass is 19.1. The van der Waals surface area contributed by atoms with Crippen molar-refractivity contribution in [2.24, 2.45) is 0 Å². The summed E-state index contributed by atoms with van der Waals surface area (Å²) in [6.45, 7) is 0. The highest BCUT2D eigenvalue weighted by Gasteiger charge is 2.07. The first-order valence-corrected chi connectivity index (χ1v) is 5.26. The molecule has 3 nitrogen and oxygen atoms in total. The molecule has 4 heteroatoms. The van der Waals surface area contributed by atoms with E-state index in [4.69, 9.17) is 0 Å². The van der Waals surface area contributed by atoms with Crippen LogP contribution in [0.5, 0.6) is 5.75 Å². The second kappa shape index (κ2) is 5.23. The van der Waals surface area contributed by atoms with E-state index in [1.807, 2.05) is 0 Å². The van der Waals surface area contributed by atoms with E-state index >= 15 is 0 Å². The maximum atomic E-state index is 13.3. The Hall–Kier alpha value is -2.49. The Morgan fingerprint density at radius 1 is 1.11 bits per heavy atom. The molecular formula is C14H10FNO2. The van der Waals surface area contributed by atoms with Gasteiger partial charge >= 0.3 is 0 Å². The number of pyridine rings is 1. The smallest absolute Gasteiger partial charge is 0.166 e. The number of aldehydes is 1. The molecule has 2 aromatic rings. The first-order chi connectivity index (χ1) is 8.70. The van der Waals surface area contributed by atoms with Crippen LogP contribution in [0.25, 0.3) is 12.2 Å². The van der Waals surface area contributed by atoms with Crippen molar-refractivity contribution < 1.29 is 14.3 Å². The molecule has 0 radical (unpaired) electrons. The molecule has 0 atom stereocenters. The number of rotatable bonds is 3. The van der Waals surface area contributed by atoms with E-state index in [1.165, 1.54) is 12.1 Å². The zero-order valence-electron chi connectivity index (χ0n) is 9.38. The second-order valence-corrected chi connectivity index (χ2v) is 3.67. The zero-order valence-corrected chi connectivity index (χ0v) is 9.38. The third-order valence-electron chi connectivity index (χ3n) is 2.42. The molecule has 0 unspecified atom stereocenters. The molecule has 0 aliphatic rings. The third kappa shape index (κ3) is 2.60. The summed E-state index contributed by atoms with van der Waals surface area (Å²) in [4.78, 5) is 14.5. The number of hydrogen-bond acceptors (Lipinski definition) is 3. The van der Waals surface area contributed by atoms with Crippen LogP contribution < -0.4 is 0 Å². The van der Waals surface area contributed by atoms with Gasteiger partial charge in [0.2, 0.25) is 0 Å². The molecule has 18 heavy (non-hydrogen) atoms. The van der Waals surface area contributed by atoms with Gasteiger partial charge in [0.25, 0.3) is 0 Å². The number of carbonyl (C=O) groups excluding carboxylic acids is 1. The topological polar surface area (TPSA) is 50.2 Å². The fourth-order valence-corrected chi connectivity index (χ4v) is 1.50. The lowest BCUT2D eigenvalue weighted by Gasteiger charge is -2.01. The molecule has 1 aromatic heterocycles. The van der Waals surface area contributed by atoms with Crippen molar-refractivity contribution in [1.82, 2.24) is 4.98 Å². The Morgan fingerprint density at radius 2 is 1.78 bits per heavy atom. The maximum absolute atomic E-state index is 13.3. The van der Waals surface area contributed by atoms with Crippen LogP contribution in [0, 0.1) is 5.82 Å². The Labute approximate surface area is 103 Å². The lowest BCUT2D eigenvalue weighted by molar-refractivity contribution is 0.112. The van der Waals surface area contributed by atoms with Gasteiger partial charge in [0.1, 0.15) is 0 Å². The van der Waals surface area contributed by atoms with E-state index in [-0.39, 0.29) is 5.56 Å². The Morgan fingerprint density at radius 3 is 2.44 bits per heavy atom. The number of phenols is 1. The molecule has 0 amide bonds. The molecule has 1 N–H and O–H groups in total. The normalized spacial score (nSPS) is 10.7. The van der Waals surface area contributed by atoms with Gasteiger partial charge in [-0.15, -0.1) is 0 Å². The van der Waals surface area contributed by atoms with Gasteiger partial charge < -0.3 is 5.11 Å². The number of halogens is 1. The standard InChI is InChI=1S/C14H10FNO2/c15-13-8-11(7-12(9-17)14(13)18)2-1-10-3-5-16-6-4-10/h1-9,18H/b2-1+. The molecule has 0 aliphatic heterocycles. The van der Waals surface area contributed by atoms with Gasteiger partial charge in [0, 0.05) is 12.4 Å². The molecule has 90 valence electrons. The minimum atomic E-state index is -0.811. The summed E-state index contributed by atoms with van der Waals surface area (Å²) in [5.41, 5.74) is 1.35. The Balaban J connectivity index is 2.33. The summed E-state index contributed by atoms with van der Waals surface area (Å²) in [5.74, 6) is -1.43. The molecule has 0 bridgehead atoms. The first-order valence-electron chi connectivity index (χ1n) is 5.26. The van der Waals surface area contributed by atoms with Crippen LogP contribution in [0.2, 0.25) is 0 Å². The van der Waals surface area contributed by atoms with Crippen LogP contribution in [0.1, 0.15) is 21.5 Å². The molecule has 2 rings (SSSR count). The van der Waals surface area contributed by atoms with Gasteiger partial charge in [-0.3, -0.25) is 9.78 Å². The van der Waals surface area contributed by atoms with Gasteiger partial charge in [0.05, 0.1) is 5.56 Å². The quantitative estimate of drug-likeness (QED) is 0.843. The van der Waals surface area contributed by atoms with Crippen LogP contribution in [0.3, 0.4) is 0 Å². The zero-order chi connectivity index (χ0) is 13.0. The Kier molecular flexibility index (Phi) is 3.48. The number of benzene rings is 1. The summed E-state index contributed by atoms with van der Waals surface area (Å²) in [7, 11) is 0. The molecule has 0 spiro atoms. The second-order valence-electron chi connectivity index (χ2n) is 3.67. The SMILES string of the molecule is O=Cc1cc(/C=C/c2ccncc2)cc(F)c1O. The van der Waals surface area contributed by atoms with E-state index in [2.05, 4.69) is 4.98 Å². The minimum absolute atomic E-state index is 0.0654. The first kappa shape index (κ1) is 12.0. The molecule has 0 saturated heterocycles. The highest BCUT2D eigenvalue weighted by Crippen LogP contribution is 2.22. The van der Waals surface area contributed by atoms with Crippen molar-refractivity contribution in [2.45, 2.75) is 0 Å². The van der Waals surface area contributed by atoms with Crippen LogP contribution >= 0.6 is 0 Å². The number of nitrogens with zero attached hydrogens (tertiary/aromatic N) is 1. The largest absolute Gasteiger partial charge is 0.504 e. The summed E-state index contributed by atoms with van der Waals surface area (Å²) in [5, 5.41) is 9.27. The van der Waals surface area contributed by atoms with Crippen LogP contribution in [0.15, 0.2) is 36.7 Å². The molecular weight excluding hydrogens is 233 g/mol. The van der Waals surface area contributed by atoms with Crippen LogP contribution in [-0.4, -0.2) is 16.4 Å². The van der Waals surface area contributed by atoms with Crippen molar-refractivity contribution in [3.63, 3.8) is 0 Å². The van der Waals surface area contributed by atoms with E-state index in [0.29, 0.717) is 11.8 Å². The fraction of sp³-hybridized carbons (Fsp3) is 0. The summed E-state index contributed by atoms with van der Waals surface area (Å²) < 4.78 is 13.3. The van der Waals surface area contributed by atoms with Crippen molar-refractivity contribution in [3.8, 4) is 5.75 Å². The number of hydrogen-bond donors (Lipinski definition) is 1. The maximum Gasteiger partial charge on any atom is 0.166 e. The summed E-state index contributed by atoms with van der Waals surface area (Å²) in [6, 6.07) is 6.19. The third-order valence-corrected chi connectivity index (χ3v) is 2.42. The van der Waals surface area contributed by atoms with Crippen molar-refractivity contribution in [1.29, 1.82) is 0 Å². The van der Waals surface area contributed by atoms with Gasteiger partial charge in [0.15, 0.2) is 17.9 Å². The number of aromatic nitrogens is 1. The number of aromatic hydroxyl groups is 1. The molecule has 1 heterocycles. The van der Waals surface area contributed by atoms with Gasteiger partial charge in [-0.25, -0.2) is 4.39 Å². The predicted octanol–water partition coefficient (Wildman–Crippen LogP) is 2.91. The van der Waals surface area contributed by atoms with Crippen molar-refractivity contribution in [2.75, 3.05) is 0 Å². The molecule has 0 fully saturated rings. The highest BCUT2D eigenvalue weighted by molar-refractivity contribution is 5.82. The Bertz CT molecular complexity index is 594. The predicted molar refractivity (Wildman–Crippen MR) is 66.6 cm³/mol. The molecule has 0 saturated carbocycles. The van der Waals surface area contributed by atoms with Crippen LogP contribution in [0.4, 0.5) is 4.39 Å². The van der Waals surface area contributed by atoms with Crippen molar-refractivity contribution in [3.05, 3.63) is 59.2 Å². The van der Waals surface area contributed by atoms with Crippen LogP contribution in [-0.2, 0) is 0 Å². The summed E-state index contributed by atoms with van der Waals surface area (Å²) in [6.07, 6.45) is 7.14. The minimum Gasteiger partial charge on any atom is -0.504 e. The van der Waals surface area contributed by atoms with E-state index in [1.54, 1.807) is 36.7 Å². The molecule has 1 aromatic carbocycles. The van der Waals surface area contributed by atoms with E-state index in [0.717, 1.165) is 5.56 Å². The van der Waals surface area contributed by atoms with E-state index in [9.17, 15) is 14.3 Å². The lowest BCUT2D eigenvalue weighted by atomic mass is 10.1. The van der Waals surface area contributed by atoms with Gasteiger partial charge in [-0.2, -0.15) is 0 Å². The number of phenolic OH excluding ortho intramolecular Hbond substituents is 1. The fourth-order valence-electron chi connectivity index (χ4n) is 1.50. The van der Waals surface area contributed by atoms with Gasteiger partial charge in [-0.1, -0.05) is 12.2 Å². The lowest BCUT2D eigenvalue weighted by Crippen LogP contribution is -1.87. The van der Waals surface area contributed by atoms with Gasteiger partial charge in [-0.05, 0) is 35.4 Å². The average molecular weight is 243 g/mol. The number of carbonyl (C=O) groups is 1. The summed E-state index contributed by atoms with van der Waals surface area (Å²) >= 11 is 0. The van der Waals surface area contributed by atoms with E-state index < -0.39 is 11.6 Å². The van der Waals surface area contributed by atoms with Crippen molar-refractivity contribution >= 4 is 18.4 Å².